The van der Waals surface area contributed by atoms with E-state index >= 15 is 0 Å². The van der Waals surface area contributed by atoms with Gasteiger partial charge in [-0.3, -0.25) is 0 Å². The summed E-state index contributed by atoms with van der Waals surface area (Å²) in [4.78, 5) is 11.9. The van der Waals surface area contributed by atoms with Crippen molar-refractivity contribution < 1.29 is 9.53 Å². The van der Waals surface area contributed by atoms with Crippen molar-refractivity contribution in [1.82, 2.24) is 9.88 Å². The van der Waals surface area contributed by atoms with Crippen LogP contribution in [0.4, 0.5) is 0 Å². The number of likely N-dealkylation sites (N-methyl/N-ethyl adjacent to an activating group) is 1. The minimum Gasteiger partial charge on any atom is -0.465 e. The number of nitrogens with one attached hydrogen (secondary N) is 1. The van der Waals surface area contributed by atoms with Crippen LogP contribution in [0.15, 0.2) is 30.5 Å². The average molecular weight is 246 g/mol. The van der Waals surface area contributed by atoms with Crippen molar-refractivity contribution >= 4 is 16.9 Å². The number of carbonyl (C=O) groups excluding carboxylic acids is 1. The van der Waals surface area contributed by atoms with Gasteiger partial charge in [-0.1, -0.05) is 18.2 Å². The summed E-state index contributed by atoms with van der Waals surface area (Å²) in [5.74, 6) is -0.239. The largest absolute Gasteiger partial charge is 0.465 e. The molecule has 1 aromatic carbocycles. The van der Waals surface area contributed by atoms with Crippen LogP contribution >= 0.6 is 0 Å². The third kappa shape index (κ3) is 2.11. The van der Waals surface area contributed by atoms with Crippen molar-refractivity contribution in [3.05, 3.63) is 36.0 Å². The first kappa shape index (κ1) is 12.6. The first-order valence-corrected chi connectivity index (χ1v) is 6.07. The predicted octanol–water partition coefficient (Wildman–Crippen LogP) is 2.00. The molecule has 2 rings (SSSR count). The van der Waals surface area contributed by atoms with E-state index in [0.717, 1.165) is 16.5 Å². The molecule has 0 aliphatic rings. The summed E-state index contributed by atoms with van der Waals surface area (Å²) in [6.07, 6.45) is 1.97. The molecule has 18 heavy (non-hydrogen) atoms. The summed E-state index contributed by atoms with van der Waals surface area (Å²) in [6, 6.07) is 7.61. The van der Waals surface area contributed by atoms with Crippen LogP contribution in [0.2, 0.25) is 0 Å². The van der Waals surface area contributed by atoms with Gasteiger partial charge in [-0.15, -0.1) is 0 Å². The van der Waals surface area contributed by atoms with Crippen LogP contribution in [0, 0.1) is 0 Å². The van der Waals surface area contributed by atoms with E-state index in [-0.39, 0.29) is 5.97 Å². The lowest BCUT2D eigenvalue weighted by atomic mass is 10.1. The van der Waals surface area contributed by atoms with Gasteiger partial charge in [-0.2, -0.15) is 0 Å². The standard InChI is InChI=1S/C14H18N2O2/c1-4-18-14(17)13(15-2)11-9-16(3)12-8-6-5-7-10(11)12/h5-9,13,15H,4H2,1-3H3. The van der Waals surface area contributed by atoms with Crippen molar-refractivity contribution in [1.29, 1.82) is 0 Å². The number of para-hydroxylation sites is 1. The maximum absolute atomic E-state index is 11.9. The summed E-state index contributed by atoms with van der Waals surface area (Å²) in [5.41, 5.74) is 2.06. The van der Waals surface area contributed by atoms with Crippen molar-refractivity contribution in [2.24, 2.45) is 7.05 Å². The molecule has 1 heterocycles. The van der Waals surface area contributed by atoms with Gasteiger partial charge in [-0.05, 0) is 20.0 Å². The zero-order valence-electron chi connectivity index (χ0n) is 10.9. The first-order chi connectivity index (χ1) is 8.69. The molecule has 0 amide bonds. The topological polar surface area (TPSA) is 43.3 Å². The molecule has 0 radical (unpaired) electrons. The summed E-state index contributed by atoms with van der Waals surface area (Å²) < 4.78 is 7.12. The molecule has 4 nitrogen and oxygen atoms in total. The van der Waals surface area contributed by atoms with E-state index in [1.165, 1.54) is 0 Å². The fourth-order valence-electron chi connectivity index (χ4n) is 2.23. The molecule has 2 aromatic rings. The minimum absolute atomic E-state index is 0.239. The summed E-state index contributed by atoms with van der Waals surface area (Å²) in [6.45, 7) is 2.20. The molecular weight excluding hydrogens is 228 g/mol. The number of aromatic nitrogens is 1. The Bertz CT molecular complexity index is 560. The van der Waals surface area contributed by atoms with Crippen LogP contribution in [0.5, 0.6) is 0 Å². The smallest absolute Gasteiger partial charge is 0.327 e. The van der Waals surface area contributed by atoms with Crippen molar-refractivity contribution in [3.8, 4) is 0 Å². The average Bonchev–Trinajstić information content (AvgIpc) is 2.69. The molecule has 0 saturated carbocycles. The zero-order valence-corrected chi connectivity index (χ0v) is 10.9. The van der Waals surface area contributed by atoms with Crippen molar-refractivity contribution in [3.63, 3.8) is 0 Å². The third-order valence-electron chi connectivity index (χ3n) is 3.05. The Kier molecular flexibility index (Phi) is 3.67. The van der Waals surface area contributed by atoms with Crippen LogP contribution in [-0.2, 0) is 16.6 Å². The number of rotatable bonds is 4. The van der Waals surface area contributed by atoms with Gasteiger partial charge in [0.25, 0.3) is 0 Å². The van der Waals surface area contributed by atoms with Crippen molar-refractivity contribution in [2.75, 3.05) is 13.7 Å². The first-order valence-electron chi connectivity index (χ1n) is 6.07. The van der Waals surface area contributed by atoms with Gasteiger partial charge >= 0.3 is 5.97 Å². The van der Waals surface area contributed by atoms with Crippen molar-refractivity contribution in [2.45, 2.75) is 13.0 Å². The molecule has 1 unspecified atom stereocenters. The Balaban J connectivity index is 2.48. The fourth-order valence-corrected chi connectivity index (χ4v) is 2.23. The molecule has 4 heteroatoms. The number of carbonyl (C=O) groups is 1. The summed E-state index contributed by atoms with van der Waals surface area (Å²) in [5, 5.41) is 4.10. The Labute approximate surface area is 107 Å². The number of hydrogen-bond acceptors (Lipinski definition) is 3. The van der Waals surface area contributed by atoms with Gasteiger partial charge in [-0.25, -0.2) is 4.79 Å². The minimum atomic E-state index is -0.420. The maximum atomic E-state index is 11.9. The van der Waals surface area contributed by atoms with Crippen LogP contribution in [0.25, 0.3) is 10.9 Å². The van der Waals surface area contributed by atoms with Crippen LogP contribution in [-0.4, -0.2) is 24.2 Å². The second kappa shape index (κ2) is 5.23. The number of nitrogens with zero attached hydrogens (tertiary/aromatic N) is 1. The molecule has 1 atom stereocenters. The van der Waals surface area contributed by atoms with Crippen LogP contribution in [0.3, 0.4) is 0 Å². The Morgan fingerprint density at radius 1 is 1.44 bits per heavy atom. The fraction of sp³-hybridized carbons (Fsp3) is 0.357. The highest BCUT2D eigenvalue weighted by atomic mass is 16.5. The highest BCUT2D eigenvalue weighted by molar-refractivity contribution is 5.90. The molecule has 0 aliphatic carbocycles. The quantitative estimate of drug-likeness (QED) is 0.839. The lowest BCUT2D eigenvalue weighted by Gasteiger charge is -2.13. The van der Waals surface area contributed by atoms with E-state index < -0.39 is 6.04 Å². The monoisotopic (exact) mass is 246 g/mol. The van der Waals surface area contributed by atoms with E-state index in [0.29, 0.717) is 6.61 Å². The lowest BCUT2D eigenvalue weighted by molar-refractivity contribution is -0.145. The SMILES string of the molecule is CCOC(=O)C(NC)c1cn(C)c2ccccc12. The summed E-state index contributed by atoms with van der Waals surface area (Å²) in [7, 11) is 3.74. The Morgan fingerprint density at radius 2 is 2.17 bits per heavy atom. The molecule has 0 spiro atoms. The van der Waals surface area contributed by atoms with E-state index in [4.69, 9.17) is 4.74 Å². The second-order valence-corrected chi connectivity index (χ2v) is 4.19. The number of hydrogen-bond donors (Lipinski definition) is 1. The maximum Gasteiger partial charge on any atom is 0.327 e. The Hall–Kier alpha value is -1.81. The molecule has 96 valence electrons. The molecule has 1 aromatic heterocycles. The number of ether oxygens (including phenoxy) is 1. The van der Waals surface area contributed by atoms with Crippen LogP contribution < -0.4 is 5.32 Å². The molecular formula is C14H18N2O2. The zero-order chi connectivity index (χ0) is 13.1. The summed E-state index contributed by atoms with van der Waals surface area (Å²) >= 11 is 0. The van der Waals surface area contributed by atoms with Gasteiger partial charge in [0.05, 0.1) is 6.61 Å². The molecule has 0 saturated heterocycles. The predicted molar refractivity (Wildman–Crippen MR) is 71.4 cm³/mol. The van der Waals surface area contributed by atoms with Gasteiger partial charge in [0.1, 0.15) is 6.04 Å². The normalized spacial score (nSPS) is 12.6. The highest BCUT2D eigenvalue weighted by Crippen LogP contribution is 2.26. The number of fused-ring (bicyclic) bond motifs is 1. The number of esters is 1. The van der Waals surface area contributed by atoms with Crippen LogP contribution in [0.1, 0.15) is 18.5 Å². The second-order valence-electron chi connectivity index (χ2n) is 4.19. The number of benzene rings is 1. The molecule has 0 bridgehead atoms. The van der Waals surface area contributed by atoms with E-state index in [2.05, 4.69) is 5.32 Å². The van der Waals surface area contributed by atoms with E-state index in [1.54, 1.807) is 7.05 Å². The van der Waals surface area contributed by atoms with E-state index in [1.807, 2.05) is 49.0 Å². The van der Waals surface area contributed by atoms with Gasteiger partial charge in [0.15, 0.2) is 0 Å². The Morgan fingerprint density at radius 3 is 2.83 bits per heavy atom. The highest BCUT2D eigenvalue weighted by Gasteiger charge is 2.23. The van der Waals surface area contributed by atoms with Gasteiger partial charge in [0, 0.05) is 29.7 Å². The van der Waals surface area contributed by atoms with Gasteiger partial charge < -0.3 is 14.6 Å². The number of aryl methyl sites for hydroxylation is 1. The lowest BCUT2D eigenvalue weighted by Crippen LogP contribution is -2.27. The van der Waals surface area contributed by atoms with E-state index in [9.17, 15) is 4.79 Å². The third-order valence-corrected chi connectivity index (χ3v) is 3.05. The molecule has 1 N–H and O–H groups in total. The molecule has 0 aliphatic heterocycles. The molecule has 0 fully saturated rings. The van der Waals surface area contributed by atoms with Gasteiger partial charge in [0.2, 0.25) is 0 Å².